The quantitative estimate of drug-likeness (QED) is 0.475. The fourth-order valence-electron chi connectivity index (χ4n) is 0.150. The van der Waals surface area contributed by atoms with Crippen LogP contribution in [0.5, 0.6) is 0 Å². The van der Waals surface area contributed by atoms with Gasteiger partial charge in [0.15, 0.2) is 5.83 Å². The number of rotatable bonds is 1. The van der Waals surface area contributed by atoms with Gasteiger partial charge in [0.1, 0.15) is 5.83 Å². The van der Waals surface area contributed by atoms with Gasteiger partial charge in [0.05, 0.1) is 0 Å². The van der Waals surface area contributed by atoms with Crippen LogP contribution < -0.4 is 0 Å². The van der Waals surface area contributed by atoms with Crippen LogP contribution >= 0.6 is 0 Å². The van der Waals surface area contributed by atoms with Gasteiger partial charge in [0.2, 0.25) is 0 Å². The summed E-state index contributed by atoms with van der Waals surface area (Å²) in [6.07, 6.45) is -3.32. The van der Waals surface area contributed by atoms with Crippen LogP contribution in [0.1, 0.15) is 6.92 Å². The molecule has 0 heterocycles. The predicted octanol–water partition coefficient (Wildman–Crippen LogP) is 2.42. The Kier molecular flexibility index (Phi) is 2.51. The van der Waals surface area contributed by atoms with E-state index in [1.54, 1.807) is 0 Å². The van der Waals surface area contributed by atoms with Gasteiger partial charge in [-0.3, -0.25) is 0 Å². The van der Waals surface area contributed by atoms with Crippen LogP contribution in [0.25, 0.3) is 0 Å². The van der Waals surface area contributed by atoms with E-state index in [4.69, 9.17) is 0 Å². The Morgan fingerprint density at radius 2 is 1.62 bits per heavy atom. The summed E-state index contributed by atoms with van der Waals surface area (Å²) in [6, 6.07) is 0. The van der Waals surface area contributed by atoms with E-state index < -0.39 is 18.1 Å². The molecule has 0 saturated carbocycles. The van der Waals surface area contributed by atoms with E-state index in [2.05, 4.69) is 0 Å². The Morgan fingerprint density at radius 1 is 1.25 bits per heavy atom. The molecule has 0 bridgehead atoms. The van der Waals surface area contributed by atoms with E-state index in [-0.39, 0.29) is 0 Å². The highest BCUT2D eigenvalue weighted by Crippen LogP contribution is 2.14. The van der Waals surface area contributed by atoms with Crippen LogP contribution in [0.3, 0.4) is 0 Å². The maximum Gasteiger partial charge on any atom is 0.292 e. The molecule has 0 aliphatic carbocycles. The highest BCUT2D eigenvalue weighted by Gasteiger charge is 2.12. The number of allylic oxidation sites excluding steroid dienone is 2. The van der Waals surface area contributed by atoms with E-state index in [1.807, 2.05) is 0 Å². The molecule has 0 nitrogen and oxygen atoms in total. The van der Waals surface area contributed by atoms with Gasteiger partial charge in [0.25, 0.3) is 6.43 Å². The second-order valence-electron chi connectivity index (χ2n) is 1.18. The summed E-state index contributed by atoms with van der Waals surface area (Å²) in [7, 11) is 0. The maximum atomic E-state index is 11.4. The third-order valence-electron chi connectivity index (χ3n) is 0.521. The molecule has 0 rings (SSSR count). The molecular weight excluding hydrogens is 124 g/mol. The molecular formula is C4H4F4. The number of alkyl halides is 2. The molecule has 0 amide bonds. The van der Waals surface area contributed by atoms with Gasteiger partial charge in [-0.15, -0.1) is 0 Å². The predicted molar refractivity (Wildman–Crippen MR) is 20.9 cm³/mol. The van der Waals surface area contributed by atoms with E-state index in [9.17, 15) is 17.6 Å². The second kappa shape index (κ2) is 2.69. The molecule has 48 valence electrons. The van der Waals surface area contributed by atoms with Crippen molar-refractivity contribution < 1.29 is 17.6 Å². The Morgan fingerprint density at radius 3 is 1.62 bits per heavy atom. The highest BCUT2D eigenvalue weighted by molar-refractivity contribution is 4.98. The summed E-state index contributed by atoms with van der Waals surface area (Å²) in [6.45, 7) is 0.640. The molecule has 0 spiro atoms. The van der Waals surface area contributed by atoms with Gasteiger partial charge < -0.3 is 0 Å². The third kappa shape index (κ3) is 1.95. The molecule has 0 fully saturated rings. The lowest BCUT2D eigenvalue weighted by molar-refractivity contribution is 0.153. The van der Waals surface area contributed by atoms with Crippen molar-refractivity contribution in [2.75, 3.05) is 0 Å². The molecule has 8 heavy (non-hydrogen) atoms. The highest BCUT2D eigenvalue weighted by atomic mass is 19.3. The van der Waals surface area contributed by atoms with E-state index in [0.29, 0.717) is 6.92 Å². The number of hydrogen-bond donors (Lipinski definition) is 0. The van der Waals surface area contributed by atoms with Crippen LogP contribution in [-0.4, -0.2) is 6.43 Å². The fourth-order valence-corrected chi connectivity index (χ4v) is 0.150. The monoisotopic (exact) mass is 128 g/mol. The minimum Gasteiger partial charge on any atom is -0.209 e. The summed E-state index contributed by atoms with van der Waals surface area (Å²) in [5, 5.41) is 0. The zero-order valence-corrected chi connectivity index (χ0v) is 4.09. The molecule has 0 unspecified atom stereocenters. The van der Waals surface area contributed by atoms with Gasteiger partial charge in [-0.2, -0.15) is 0 Å². The molecule has 0 radical (unpaired) electrons. The summed E-state index contributed by atoms with van der Waals surface area (Å²) < 4.78 is 44.8. The van der Waals surface area contributed by atoms with Crippen molar-refractivity contribution in [3.05, 3.63) is 11.7 Å². The molecule has 0 N–H and O–H groups in total. The molecule has 0 atom stereocenters. The SMILES string of the molecule is C/C(F)=C(/F)C(F)F. The van der Waals surface area contributed by atoms with E-state index >= 15 is 0 Å². The molecule has 0 aromatic carbocycles. The average molecular weight is 128 g/mol. The minimum absolute atomic E-state index is 0.640. The topological polar surface area (TPSA) is 0 Å². The molecule has 0 saturated heterocycles. The molecule has 0 aromatic heterocycles. The van der Waals surface area contributed by atoms with Crippen molar-refractivity contribution in [3.63, 3.8) is 0 Å². The lowest BCUT2D eigenvalue weighted by Gasteiger charge is -1.91. The Bertz CT molecular complexity index is 101. The lowest BCUT2D eigenvalue weighted by atomic mass is 10.5. The van der Waals surface area contributed by atoms with Crippen LogP contribution in [0.2, 0.25) is 0 Å². The summed E-state index contributed by atoms with van der Waals surface area (Å²) in [5.74, 6) is -3.44. The number of halogens is 4. The summed E-state index contributed by atoms with van der Waals surface area (Å²) in [5.41, 5.74) is 0. The Labute approximate surface area is 43.8 Å². The summed E-state index contributed by atoms with van der Waals surface area (Å²) >= 11 is 0. The van der Waals surface area contributed by atoms with Crippen molar-refractivity contribution in [1.29, 1.82) is 0 Å². The van der Waals surface area contributed by atoms with Gasteiger partial charge in [-0.25, -0.2) is 17.6 Å². The molecule has 0 aliphatic heterocycles. The first-order chi connectivity index (χ1) is 3.55. The van der Waals surface area contributed by atoms with Gasteiger partial charge in [-0.1, -0.05) is 0 Å². The Hall–Kier alpha value is -0.540. The zero-order valence-electron chi connectivity index (χ0n) is 4.09. The van der Waals surface area contributed by atoms with Gasteiger partial charge >= 0.3 is 0 Å². The zero-order chi connectivity index (χ0) is 6.73. The smallest absolute Gasteiger partial charge is 0.209 e. The minimum atomic E-state index is -3.32. The first-order valence-corrected chi connectivity index (χ1v) is 1.85. The van der Waals surface area contributed by atoms with E-state index in [0.717, 1.165) is 0 Å². The van der Waals surface area contributed by atoms with Crippen molar-refractivity contribution >= 4 is 0 Å². The van der Waals surface area contributed by atoms with Gasteiger partial charge in [-0.05, 0) is 6.92 Å². The van der Waals surface area contributed by atoms with Crippen molar-refractivity contribution in [1.82, 2.24) is 0 Å². The summed E-state index contributed by atoms with van der Waals surface area (Å²) in [4.78, 5) is 0. The van der Waals surface area contributed by atoms with Gasteiger partial charge in [0, 0.05) is 0 Å². The molecule has 0 aromatic rings. The van der Waals surface area contributed by atoms with Crippen LogP contribution in [0.15, 0.2) is 11.7 Å². The largest absolute Gasteiger partial charge is 0.292 e. The molecule has 4 heteroatoms. The third-order valence-corrected chi connectivity index (χ3v) is 0.521. The number of hydrogen-bond acceptors (Lipinski definition) is 0. The normalized spacial score (nSPS) is 14.2. The molecule has 0 aliphatic rings. The van der Waals surface area contributed by atoms with Crippen molar-refractivity contribution in [3.8, 4) is 0 Å². The first kappa shape index (κ1) is 7.46. The average Bonchev–Trinajstić information content (AvgIpc) is 1.64. The van der Waals surface area contributed by atoms with Crippen LogP contribution in [0, 0.1) is 0 Å². The van der Waals surface area contributed by atoms with Crippen LogP contribution in [-0.2, 0) is 0 Å². The van der Waals surface area contributed by atoms with E-state index in [1.165, 1.54) is 0 Å². The maximum absolute atomic E-state index is 11.4. The van der Waals surface area contributed by atoms with Crippen LogP contribution in [0.4, 0.5) is 17.6 Å². The fraction of sp³-hybridized carbons (Fsp3) is 0.500. The Balaban J connectivity index is 4.00. The second-order valence-corrected chi connectivity index (χ2v) is 1.18. The first-order valence-electron chi connectivity index (χ1n) is 1.85. The standard InChI is InChI=1S/C4H4F4/c1-2(5)3(6)4(7)8/h4H,1H3/b3-2-. The van der Waals surface area contributed by atoms with Crippen molar-refractivity contribution in [2.45, 2.75) is 13.3 Å². The lowest BCUT2D eigenvalue weighted by Crippen LogP contribution is -1.90. The van der Waals surface area contributed by atoms with Crippen molar-refractivity contribution in [2.24, 2.45) is 0 Å².